The lowest BCUT2D eigenvalue weighted by Gasteiger charge is -2.20. The molecule has 1 aliphatic heterocycles. The van der Waals surface area contributed by atoms with E-state index in [0.29, 0.717) is 5.92 Å². The van der Waals surface area contributed by atoms with Crippen molar-refractivity contribution in [2.45, 2.75) is 50.9 Å². The maximum atomic E-state index is 12.4. The van der Waals surface area contributed by atoms with Crippen molar-refractivity contribution in [1.29, 1.82) is 0 Å². The maximum absolute atomic E-state index is 12.4. The van der Waals surface area contributed by atoms with E-state index in [1.54, 1.807) is 11.3 Å². The number of hydrogen-bond donors (Lipinski definition) is 1. The van der Waals surface area contributed by atoms with Gasteiger partial charge in [0.05, 0.1) is 10.6 Å². The summed E-state index contributed by atoms with van der Waals surface area (Å²) in [6.45, 7) is 1.79. The van der Waals surface area contributed by atoms with Crippen LogP contribution >= 0.6 is 11.3 Å². The summed E-state index contributed by atoms with van der Waals surface area (Å²) in [6, 6.07) is 2.08. The summed E-state index contributed by atoms with van der Waals surface area (Å²) in [5, 5.41) is 0.720. The number of thiophene rings is 1. The molecule has 2 aliphatic rings. The molecule has 0 spiro atoms. The molecule has 0 unspecified atom stereocenters. The molecule has 2 fully saturated rings. The van der Waals surface area contributed by atoms with Crippen LogP contribution < -0.4 is 5.73 Å². The molecular formula is C15H22N2OS. The van der Waals surface area contributed by atoms with Gasteiger partial charge in [0.25, 0.3) is 5.91 Å². The van der Waals surface area contributed by atoms with E-state index >= 15 is 0 Å². The smallest absolute Gasteiger partial charge is 0.256 e. The van der Waals surface area contributed by atoms with Gasteiger partial charge in [-0.1, -0.05) is 19.3 Å². The van der Waals surface area contributed by atoms with E-state index in [9.17, 15) is 4.79 Å². The van der Waals surface area contributed by atoms with Crippen LogP contribution in [-0.4, -0.2) is 23.9 Å². The van der Waals surface area contributed by atoms with Gasteiger partial charge in [-0.25, -0.2) is 0 Å². The normalized spacial score (nSPS) is 20.9. The van der Waals surface area contributed by atoms with E-state index in [2.05, 4.69) is 6.07 Å². The Morgan fingerprint density at radius 1 is 1.16 bits per heavy atom. The van der Waals surface area contributed by atoms with Gasteiger partial charge in [0.1, 0.15) is 0 Å². The average molecular weight is 278 g/mol. The second-order valence-corrected chi connectivity index (χ2v) is 6.88. The van der Waals surface area contributed by atoms with Gasteiger partial charge < -0.3 is 10.6 Å². The first kappa shape index (κ1) is 13.0. The van der Waals surface area contributed by atoms with Gasteiger partial charge in [-0.15, -0.1) is 11.3 Å². The molecule has 1 aliphatic carbocycles. The van der Waals surface area contributed by atoms with Crippen LogP contribution in [0.5, 0.6) is 0 Å². The van der Waals surface area contributed by atoms with Crippen LogP contribution in [0, 0.1) is 0 Å². The summed E-state index contributed by atoms with van der Waals surface area (Å²) in [5.41, 5.74) is 6.84. The number of carbonyl (C=O) groups is 1. The van der Waals surface area contributed by atoms with Gasteiger partial charge in [0.2, 0.25) is 0 Å². The third kappa shape index (κ3) is 2.64. The highest BCUT2D eigenvalue weighted by Gasteiger charge is 2.25. The number of likely N-dealkylation sites (tertiary alicyclic amines) is 1. The third-order valence-corrected chi connectivity index (χ3v) is 5.54. The quantitative estimate of drug-likeness (QED) is 0.898. The van der Waals surface area contributed by atoms with E-state index in [-0.39, 0.29) is 5.91 Å². The Morgan fingerprint density at radius 3 is 2.53 bits per heavy atom. The molecule has 0 aromatic carbocycles. The van der Waals surface area contributed by atoms with Crippen molar-refractivity contribution >= 4 is 22.2 Å². The minimum absolute atomic E-state index is 0.147. The monoisotopic (exact) mass is 278 g/mol. The fourth-order valence-corrected chi connectivity index (χ4v) is 4.36. The molecule has 19 heavy (non-hydrogen) atoms. The molecule has 0 bridgehead atoms. The Kier molecular flexibility index (Phi) is 3.78. The van der Waals surface area contributed by atoms with Gasteiger partial charge in [0, 0.05) is 18.0 Å². The van der Waals surface area contributed by atoms with Crippen molar-refractivity contribution < 1.29 is 4.79 Å². The lowest BCUT2D eigenvalue weighted by Crippen LogP contribution is -2.27. The standard InChI is InChI=1S/C15H22N2OS/c16-14-12(15(18)17-8-4-5-9-17)10-13(19-14)11-6-2-1-3-7-11/h10-11H,1-9,16H2. The van der Waals surface area contributed by atoms with Crippen molar-refractivity contribution in [3.8, 4) is 0 Å². The Bertz CT molecular complexity index is 457. The minimum Gasteiger partial charge on any atom is -0.390 e. The molecule has 0 atom stereocenters. The molecule has 0 radical (unpaired) electrons. The van der Waals surface area contributed by atoms with E-state index < -0.39 is 0 Å². The van der Waals surface area contributed by atoms with Crippen LogP contribution in [0.1, 0.15) is 66.1 Å². The molecule has 2 heterocycles. The average Bonchev–Trinajstić information content (AvgIpc) is 3.08. The zero-order valence-corrected chi connectivity index (χ0v) is 12.2. The SMILES string of the molecule is Nc1sc(C2CCCCC2)cc1C(=O)N1CCCC1. The minimum atomic E-state index is 0.147. The van der Waals surface area contributed by atoms with E-state index in [4.69, 9.17) is 5.73 Å². The Balaban J connectivity index is 1.78. The Morgan fingerprint density at radius 2 is 1.84 bits per heavy atom. The van der Waals surface area contributed by atoms with Gasteiger partial charge in [-0.3, -0.25) is 4.79 Å². The second-order valence-electron chi connectivity index (χ2n) is 5.76. The fourth-order valence-electron chi connectivity index (χ4n) is 3.27. The number of anilines is 1. The number of nitrogens with zero attached hydrogens (tertiary/aromatic N) is 1. The van der Waals surface area contributed by atoms with Crippen molar-refractivity contribution in [2.75, 3.05) is 18.8 Å². The van der Waals surface area contributed by atoms with Crippen LogP contribution in [0.3, 0.4) is 0 Å². The highest BCUT2D eigenvalue weighted by atomic mass is 32.1. The molecule has 1 aromatic rings. The summed E-state index contributed by atoms with van der Waals surface area (Å²) >= 11 is 1.64. The van der Waals surface area contributed by atoms with E-state index in [1.165, 1.54) is 37.0 Å². The summed E-state index contributed by atoms with van der Waals surface area (Å²) in [4.78, 5) is 15.7. The molecule has 1 aromatic heterocycles. The number of hydrogen-bond acceptors (Lipinski definition) is 3. The first-order valence-corrected chi connectivity index (χ1v) is 8.26. The molecule has 3 nitrogen and oxygen atoms in total. The molecule has 3 rings (SSSR count). The summed E-state index contributed by atoms with van der Waals surface area (Å²) < 4.78 is 0. The number of carbonyl (C=O) groups excluding carboxylic acids is 1. The van der Waals surface area contributed by atoms with Crippen molar-refractivity contribution in [2.24, 2.45) is 0 Å². The second kappa shape index (κ2) is 5.53. The van der Waals surface area contributed by atoms with Gasteiger partial charge in [0.15, 0.2) is 0 Å². The highest BCUT2D eigenvalue weighted by Crippen LogP contribution is 2.39. The van der Waals surface area contributed by atoms with Crippen molar-refractivity contribution in [3.05, 3.63) is 16.5 Å². The third-order valence-electron chi connectivity index (χ3n) is 4.41. The van der Waals surface area contributed by atoms with E-state index in [0.717, 1.165) is 36.5 Å². The highest BCUT2D eigenvalue weighted by molar-refractivity contribution is 7.16. The lowest BCUT2D eigenvalue weighted by molar-refractivity contribution is 0.0794. The van der Waals surface area contributed by atoms with Crippen LogP contribution in [0.25, 0.3) is 0 Å². The Labute approximate surface area is 118 Å². The zero-order chi connectivity index (χ0) is 13.2. The number of nitrogen functional groups attached to an aromatic ring is 1. The fraction of sp³-hybridized carbons (Fsp3) is 0.667. The first-order chi connectivity index (χ1) is 9.25. The van der Waals surface area contributed by atoms with Crippen LogP contribution in [0.15, 0.2) is 6.07 Å². The molecule has 4 heteroatoms. The van der Waals surface area contributed by atoms with Gasteiger partial charge >= 0.3 is 0 Å². The van der Waals surface area contributed by atoms with Crippen molar-refractivity contribution in [1.82, 2.24) is 4.90 Å². The molecule has 2 N–H and O–H groups in total. The molecule has 1 amide bonds. The number of nitrogens with two attached hydrogens (primary N) is 1. The summed E-state index contributed by atoms with van der Waals surface area (Å²) in [6.07, 6.45) is 8.78. The lowest BCUT2D eigenvalue weighted by atomic mass is 9.88. The topological polar surface area (TPSA) is 46.3 Å². The van der Waals surface area contributed by atoms with Gasteiger partial charge in [-0.05, 0) is 37.7 Å². The summed E-state index contributed by atoms with van der Waals surface area (Å²) in [5.74, 6) is 0.787. The predicted octanol–water partition coefficient (Wildman–Crippen LogP) is 3.61. The van der Waals surface area contributed by atoms with Crippen LogP contribution in [-0.2, 0) is 0 Å². The number of rotatable bonds is 2. The molecular weight excluding hydrogens is 256 g/mol. The van der Waals surface area contributed by atoms with E-state index in [1.807, 2.05) is 4.90 Å². The largest absolute Gasteiger partial charge is 0.390 e. The first-order valence-electron chi connectivity index (χ1n) is 7.44. The molecule has 1 saturated heterocycles. The van der Waals surface area contributed by atoms with Crippen LogP contribution in [0.2, 0.25) is 0 Å². The molecule has 104 valence electrons. The van der Waals surface area contributed by atoms with Gasteiger partial charge in [-0.2, -0.15) is 0 Å². The zero-order valence-electron chi connectivity index (χ0n) is 11.4. The Hall–Kier alpha value is -1.03. The maximum Gasteiger partial charge on any atom is 0.256 e. The molecule has 1 saturated carbocycles. The van der Waals surface area contributed by atoms with Crippen molar-refractivity contribution in [3.63, 3.8) is 0 Å². The van der Waals surface area contributed by atoms with Crippen LogP contribution in [0.4, 0.5) is 5.00 Å². The summed E-state index contributed by atoms with van der Waals surface area (Å²) in [7, 11) is 0. The predicted molar refractivity (Wildman–Crippen MR) is 79.7 cm³/mol. The number of amides is 1.